The molecule has 0 spiro atoms. The average Bonchev–Trinajstić information content (AvgIpc) is 3.25. The van der Waals surface area contributed by atoms with Gasteiger partial charge in [-0.15, -0.1) is 0 Å². The lowest BCUT2D eigenvalue weighted by Crippen LogP contribution is -2.34. The molecule has 31 heavy (non-hydrogen) atoms. The molecule has 3 heterocycles. The molecule has 0 saturated carbocycles. The zero-order valence-corrected chi connectivity index (χ0v) is 17.9. The minimum absolute atomic E-state index is 0.455. The molecule has 0 amide bonds. The maximum absolute atomic E-state index is 5.56. The first-order valence-corrected chi connectivity index (χ1v) is 11.1. The zero-order valence-electron chi connectivity index (χ0n) is 17.9. The van der Waals surface area contributed by atoms with Crippen molar-refractivity contribution in [3.63, 3.8) is 0 Å². The van der Waals surface area contributed by atoms with Crippen LogP contribution < -0.4 is 4.74 Å². The quantitative estimate of drug-likeness (QED) is 0.438. The van der Waals surface area contributed by atoms with Crippen molar-refractivity contribution in [1.29, 1.82) is 0 Å². The summed E-state index contributed by atoms with van der Waals surface area (Å²) in [5.74, 6) is 1.34. The van der Waals surface area contributed by atoms with Crippen LogP contribution in [0, 0.1) is 0 Å². The molecule has 158 valence electrons. The summed E-state index contributed by atoms with van der Waals surface area (Å²) in [5, 5.41) is 4.94. The first kappa shape index (κ1) is 19.8. The topological polar surface area (TPSA) is 42.7 Å². The Balaban J connectivity index is 1.39. The Morgan fingerprint density at radius 3 is 2.68 bits per heavy atom. The van der Waals surface area contributed by atoms with Crippen molar-refractivity contribution in [2.75, 3.05) is 19.7 Å². The van der Waals surface area contributed by atoms with Crippen LogP contribution in [0.4, 0.5) is 0 Å². The molecular weight excluding hydrogens is 384 g/mol. The molecule has 0 N–H and O–H groups in total. The highest BCUT2D eigenvalue weighted by Gasteiger charge is 2.24. The Kier molecular flexibility index (Phi) is 5.67. The van der Waals surface area contributed by atoms with Crippen molar-refractivity contribution in [3.8, 4) is 17.0 Å². The van der Waals surface area contributed by atoms with Crippen LogP contribution in [0.15, 0.2) is 72.9 Å². The molecule has 0 bridgehead atoms. The van der Waals surface area contributed by atoms with E-state index in [9.17, 15) is 0 Å². The van der Waals surface area contributed by atoms with Crippen LogP contribution >= 0.6 is 0 Å². The summed E-state index contributed by atoms with van der Waals surface area (Å²) in [4.78, 5) is 7.14. The molecule has 0 aliphatic carbocycles. The molecule has 5 heteroatoms. The molecule has 5 rings (SSSR count). The molecule has 1 fully saturated rings. The van der Waals surface area contributed by atoms with Crippen molar-refractivity contribution < 1.29 is 4.74 Å². The van der Waals surface area contributed by atoms with Crippen LogP contribution in [-0.2, 0) is 6.54 Å². The largest absolute Gasteiger partial charge is 0.494 e. The first-order valence-electron chi connectivity index (χ1n) is 11.1. The predicted molar refractivity (Wildman–Crippen MR) is 123 cm³/mol. The van der Waals surface area contributed by atoms with Gasteiger partial charge in [-0.25, -0.2) is 9.50 Å². The van der Waals surface area contributed by atoms with Gasteiger partial charge in [0.1, 0.15) is 5.75 Å². The molecule has 0 radical (unpaired) electrons. The van der Waals surface area contributed by atoms with Crippen molar-refractivity contribution in [1.82, 2.24) is 19.5 Å². The van der Waals surface area contributed by atoms with Gasteiger partial charge in [0, 0.05) is 36.8 Å². The summed E-state index contributed by atoms with van der Waals surface area (Å²) < 4.78 is 7.61. The van der Waals surface area contributed by atoms with E-state index in [4.69, 9.17) is 9.84 Å². The van der Waals surface area contributed by atoms with Crippen molar-refractivity contribution >= 4 is 5.65 Å². The van der Waals surface area contributed by atoms with E-state index in [2.05, 4.69) is 64.5 Å². The Morgan fingerprint density at radius 1 is 1.03 bits per heavy atom. The monoisotopic (exact) mass is 412 g/mol. The smallest absolute Gasteiger partial charge is 0.155 e. The van der Waals surface area contributed by atoms with Gasteiger partial charge in [0.25, 0.3) is 0 Å². The third-order valence-electron chi connectivity index (χ3n) is 6.02. The summed E-state index contributed by atoms with van der Waals surface area (Å²) >= 11 is 0. The van der Waals surface area contributed by atoms with Gasteiger partial charge in [-0.2, -0.15) is 5.10 Å². The number of benzene rings is 2. The fourth-order valence-corrected chi connectivity index (χ4v) is 4.53. The van der Waals surface area contributed by atoms with Gasteiger partial charge in [0.05, 0.1) is 18.0 Å². The maximum Gasteiger partial charge on any atom is 0.155 e. The van der Waals surface area contributed by atoms with E-state index in [0.717, 1.165) is 42.3 Å². The lowest BCUT2D eigenvalue weighted by molar-refractivity contribution is 0.197. The highest BCUT2D eigenvalue weighted by Crippen LogP contribution is 2.29. The number of fused-ring (bicyclic) bond motifs is 1. The van der Waals surface area contributed by atoms with Crippen molar-refractivity contribution in [2.45, 2.75) is 32.2 Å². The molecule has 5 nitrogen and oxygen atoms in total. The molecule has 1 aliphatic rings. The van der Waals surface area contributed by atoms with Crippen LogP contribution in [-0.4, -0.2) is 39.2 Å². The molecule has 1 saturated heterocycles. The van der Waals surface area contributed by atoms with E-state index < -0.39 is 0 Å². The molecule has 1 atom stereocenters. The van der Waals surface area contributed by atoms with E-state index >= 15 is 0 Å². The second-order valence-corrected chi connectivity index (χ2v) is 8.19. The lowest BCUT2D eigenvalue weighted by Gasteiger charge is -2.33. The zero-order chi connectivity index (χ0) is 21.0. The van der Waals surface area contributed by atoms with Gasteiger partial charge < -0.3 is 4.74 Å². The van der Waals surface area contributed by atoms with Gasteiger partial charge in [0.15, 0.2) is 5.65 Å². The molecule has 4 aromatic rings. The fourth-order valence-electron chi connectivity index (χ4n) is 4.53. The first-order chi connectivity index (χ1) is 15.3. The minimum atomic E-state index is 0.455. The van der Waals surface area contributed by atoms with Gasteiger partial charge in [-0.3, -0.25) is 4.90 Å². The summed E-state index contributed by atoms with van der Waals surface area (Å²) in [5.41, 5.74) is 5.55. The summed E-state index contributed by atoms with van der Waals surface area (Å²) in [6.45, 7) is 5.86. The molecule has 2 aromatic heterocycles. The highest BCUT2D eigenvalue weighted by molar-refractivity contribution is 5.64. The van der Waals surface area contributed by atoms with Crippen LogP contribution in [0.1, 0.15) is 36.9 Å². The second kappa shape index (κ2) is 8.90. The number of likely N-dealkylation sites (tertiary alicyclic amines) is 1. The van der Waals surface area contributed by atoms with Crippen LogP contribution in [0.25, 0.3) is 16.9 Å². The fraction of sp³-hybridized carbons (Fsp3) is 0.308. The van der Waals surface area contributed by atoms with Gasteiger partial charge in [-0.1, -0.05) is 30.3 Å². The number of hydrogen-bond acceptors (Lipinski definition) is 4. The van der Waals surface area contributed by atoms with Crippen molar-refractivity contribution in [3.05, 3.63) is 84.2 Å². The third-order valence-corrected chi connectivity index (χ3v) is 6.02. The van der Waals surface area contributed by atoms with Crippen LogP contribution in [0.2, 0.25) is 0 Å². The number of aromatic nitrogens is 3. The normalized spacial score (nSPS) is 17.1. The van der Waals surface area contributed by atoms with E-state index in [1.54, 1.807) is 0 Å². The van der Waals surface area contributed by atoms with Gasteiger partial charge in [-0.05, 0) is 62.2 Å². The number of ether oxygens (including phenoxy) is 1. The molecule has 1 aliphatic heterocycles. The van der Waals surface area contributed by atoms with E-state index in [-0.39, 0.29) is 0 Å². The number of nitrogens with zero attached hydrogens (tertiary/aromatic N) is 4. The van der Waals surface area contributed by atoms with E-state index in [0.29, 0.717) is 12.5 Å². The molecule has 1 unspecified atom stereocenters. The Morgan fingerprint density at radius 2 is 1.87 bits per heavy atom. The van der Waals surface area contributed by atoms with Gasteiger partial charge >= 0.3 is 0 Å². The van der Waals surface area contributed by atoms with Crippen molar-refractivity contribution in [2.24, 2.45) is 0 Å². The summed E-state index contributed by atoms with van der Waals surface area (Å²) in [7, 11) is 0. The standard InChI is InChI=1S/C26H28N4O/c1-2-31-23-12-10-21(11-13-23)24-17-26-27-15-14-25(30(26)28-24)22-9-6-16-29(19-22)18-20-7-4-3-5-8-20/h3-5,7-8,10-15,17,22H,2,6,9,16,18-19H2,1H3. The Bertz CT molecular complexity index is 1140. The molecule has 2 aromatic carbocycles. The summed E-state index contributed by atoms with van der Waals surface area (Å²) in [6, 6.07) is 23.1. The highest BCUT2D eigenvalue weighted by atomic mass is 16.5. The number of rotatable bonds is 6. The predicted octanol–water partition coefficient (Wildman–Crippen LogP) is 5.17. The SMILES string of the molecule is CCOc1ccc(-c2cc3nccc(C4CCCN(Cc5ccccc5)C4)n3n2)cc1. The third kappa shape index (κ3) is 4.32. The number of hydrogen-bond donors (Lipinski definition) is 0. The summed E-state index contributed by atoms with van der Waals surface area (Å²) in [6.07, 6.45) is 4.31. The Hall–Kier alpha value is -3.18. The molecular formula is C26H28N4O. The van der Waals surface area contributed by atoms with E-state index in [1.807, 2.05) is 29.8 Å². The number of piperidine rings is 1. The Labute approximate surface area is 183 Å². The van der Waals surface area contributed by atoms with E-state index in [1.165, 1.54) is 24.1 Å². The van der Waals surface area contributed by atoms with Gasteiger partial charge in [0.2, 0.25) is 0 Å². The maximum atomic E-state index is 5.56. The average molecular weight is 413 g/mol. The van der Waals surface area contributed by atoms with Crippen LogP contribution in [0.5, 0.6) is 5.75 Å². The lowest BCUT2D eigenvalue weighted by atomic mass is 9.94. The minimum Gasteiger partial charge on any atom is -0.494 e. The second-order valence-electron chi connectivity index (χ2n) is 8.19. The van der Waals surface area contributed by atoms with Crippen LogP contribution in [0.3, 0.4) is 0 Å².